The van der Waals surface area contributed by atoms with E-state index in [1.54, 1.807) is 30.5 Å². The van der Waals surface area contributed by atoms with Crippen molar-refractivity contribution in [1.82, 2.24) is 15.0 Å². The zero-order chi connectivity index (χ0) is 20.2. The van der Waals surface area contributed by atoms with Gasteiger partial charge in [0.1, 0.15) is 12.4 Å². The molecular weight excluding hydrogens is 407 g/mol. The van der Waals surface area contributed by atoms with Crippen LogP contribution in [-0.4, -0.2) is 21.7 Å². The summed E-state index contributed by atoms with van der Waals surface area (Å²) in [6.45, 7) is 0.0798. The zero-order valence-electron chi connectivity index (χ0n) is 15.2. The van der Waals surface area contributed by atoms with Gasteiger partial charge in [-0.1, -0.05) is 47.5 Å². The molecule has 0 fully saturated rings. The van der Waals surface area contributed by atoms with Crippen molar-refractivity contribution in [3.8, 4) is 11.4 Å². The molecule has 0 saturated carbocycles. The molecule has 1 N–H and O–H groups in total. The lowest BCUT2D eigenvalue weighted by atomic mass is 10.2. The Morgan fingerprint density at radius 3 is 2.34 bits per heavy atom. The molecule has 0 aliphatic carbocycles. The Balaban J connectivity index is 1.57. The van der Waals surface area contributed by atoms with E-state index in [4.69, 9.17) is 28.2 Å². The number of hydrogen-bond donors (Lipinski definition) is 1. The molecule has 0 bridgehead atoms. The number of fused-ring (bicyclic) bond motifs is 1. The molecule has 5 nitrogen and oxygen atoms in total. The van der Waals surface area contributed by atoms with Crippen LogP contribution in [0.5, 0.6) is 0 Å². The number of amides is 1. The minimum absolute atomic E-state index is 0.0798. The number of aromatic nitrogens is 2. The first-order valence-electron chi connectivity index (χ1n) is 8.89. The smallest absolute Gasteiger partial charge is 0.260 e. The topological polar surface area (TPSA) is 59.3 Å². The number of nitrogens with one attached hydrogen (secondary N) is 1. The van der Waals surface area contributed by atoms with Gasteiger partial charge in [-0.3, -0.25) is 4.79 Å². The van der Waals surface area contributed by atoms with Crippen molar-refractivity contribution in [3.05, 3.63) is 88.4 Å². The van der Waals surface area contributed by atoms with Gasteiger partial charge < -0.3 is 4.57 Å². The molecule has 4 rings (SSSR count). The summed E-state index contributed by atoms with van der Waals surface area (Å²) in [6.07, 6.45) is 1.57. The third-order valence-corrected chi connectivity index (χ3v) is 4.84. The summed E-state index contributed by atoms with van der Waals surface area (Å²) >= 11 is 11.9. The molecule has 1 aromatic heterocycles. The van der Waals surface area contributed by atoms with Crippen molar-refractivity contribution in [2.75, 3.05) is 0 Å². The molecule has 3 aromatic carbocycles. The molecule has 7 heteroatoms. The van der Waals surface area contributed by atoms with Crippen LogP contribution in [0.1, 0.15) is 5.56 Å². The van der Waals surface area contributed by atoms with E-state index in [0.29, 0.717) is 15.9 Å². The second-order valence-corrected chi connectivity index (χ2v) is 7.23. The molecular formula is C22H16Cl2N4O. The van der Waals surface area contributed by atoms with Crippen LogP contribution < -0.4 is 5.43 Å². The molecule has 144 valence electrons. The van der Waals surface area contributed by atoms with Gasteiger partial charge in [0.05, 0.1) is 17.2 Å². The van der Waals surface area contributed by atoms with Crippen LogP contribution in [0.2, 0.25) is 10.0 Å². The molecule has 0 saturated heterocycles. The van der Waals surface area contributed by atoms with Crippen LogP contribution in [0.15, 0.2) is 77.9 Å². The Hall–Kier alpha value is -3.15. The predicted molar refractivity (Wildman–Crippen MR) is 117 cm³/mol. The van der Waals surface area contributed by atoms with E-state index >= 15 is 0 Å². The van der Waals surface area contributed by atoms with E-state index < -0.39 is 0 Å². The average molecular weight is 423 g/mol. The Morgan fingerprint density at radius 1 is 0.966 bits per heavy atom. The number of halogens is 2. The molecule has 0 aliphatic rings. The van der Waals surface area contributed by atoms with Crippen LogP contribution in [0.4, 0.5) is 0 Å². The molecule has 0 radical (unpaired) electrons. The number of hydrazone groups is 1. The second-order valence-electron chi connectivity index (χ2n) is 6.36. The number of benzene rings is 3. The van der Waals surface area contributed by atoms with Gasteiger partial charge in [0.15, 0.2) is 0 Å². The van der Waals surface area contributed by atoms with Crippen LogP contribution in [0, 0.1) is 0 Å². The van der Waals surface area contributed by atoms with Crippen LogP contribution >= 0.6 is 23.2 Å². The van der Waals surface area contributed by atoms with Crippen LogP contribution in [-0.2, 0) is 11.3 Å². The minimum Gasteiger partial charge on any atom is -0.314 e. The van der Waals surface area contributed by atoms with E-state index in [-0.39, 0.29) is 12.5 Å². The van der Waals surface area contributed by atoms with Gasteiger partial charge in [0, 0.05) is 15.6 Å². The van der Waals surface area contributed by atoms with Gasteiger partial charge in [-0.05, 0) is 54.1 Å². The molecule has 29 heavy (non-hydrogen) atoms. The van der Waals surface area contributed by atoms with Gasteiger partial charge in [0.25, 0.3) is 5.91 Å². The van der Waals surface area contributed by atoms with Crippen molar-refractivity contribution in [2.24, 2.45) is 5.10 Å². The van der Waals surface area contributed by atoms with Crippen molar-refractivity contribution in [1.29, 1.82) is 0 Å². The molecule has 0 aliphatic heterocycles. The Morgan fingerprint density at radius 2 is 1.62 bits per heavy atom. The predicted octanol–water partition coefficient (Wildman–Crippen LogP) is 5.16. The lowest BCUT2D eigenvalue weighted by Gasteiger charge is -2.08. The van der Waals surface area contributed by atoms with Gasteiger partial charge in [0.2, 0.25) is 0 Å². The van der Waals surface area contributed by atoms with Crippen molar-refractivity contribution < 1.29 is 4.79 Å². The second kappa shape index (κ2) is 8.47. The molecule has 0 unspecified atom stereocenters. The molecule has 0 spiro atoms. The summed E-state index contributed by atoms with van der Waals surface area (Å²) in [4.78, 5) is 17.2. The highest BCUT2D eigenvalue weighted by atomic mass is 35.5. The number of hydrogen-bond acceptors (Lipinski definition) is 3. The Labute approximate surface area is 177 Å². The van der Waals surface area contributed by atoms with E-state index in [2.05, 4.69) is 10.5 Å². The standard InChI is InChI=1S/C22H16Cl2N4O/c23-17-9-5-15(6-10-17)13-25-27-21(29)14-28-20-4-2-1-3-19(20)26-22(28)16-7-11-18(24)12-8-16/h1-13H,14H2,(H,27,29)/b25-13-. The Bertz CT molecular complexity index is 1180. The quantitative estimate of drug-likeness (QED) is 0.356. The maximum absolute atomic E-state index is 12.5. The van der Waals surface area contributed by atoms with Gasteiger partial charge in [-0.15, -0.1) is 0 Å². The fourth-order valence-electron chi connectivity index (χ4n) is 2.96. The van der Waals surface area contributed by atoms with Gasteiger partial charge in [-0.25, -0.2) is 10.4 Å². The first kappa shape index (κ1) is 19.2. The minimum atomic E-state index is -0.256. The van der Waals surface area contributed by atoms with Gasteiger partial charge in [-0.2, -0.15) is 5.10 Å². The molecule has 0 atom stereocenters. The van der Waals surface area contributed by atoms with E-state index in [1.165, 1.54) is 0 Å². The van der Waals surface area contributed by atoms with Crippen molar-refractivity contribution >= 4 is 46.4 Å². The number of nitrogens with zero attached hydrogens (tertiary/aromatic N) is 3. The third kappa shape index (κ3) is 4.47. The lowest BCUT2D eigenvalue weighted by molar-refractivity contribution is -0.121. The van der Waals surface area contributed by atoms with Crippen LogP contribution in [0.25, 0.3) is 22.4 Å². The molecule has 1 heterocycles. The summed E-state index contributed by atoms with van der Waals surface area (Å²) in [5.74, 6) is 0.438. The van der Waals surface area contributed by atoms with Crippen LogP contribution in [0.3, 0.4) is 0 Å². The SMILES string of the molecule is O=C(Cn1c(-c2ccc(Cl)cc2)nc2ccccc21)N/N=C\c1ccc(Cl)cc1. The zero-order valence-corrected chi connectivity index (χ0v) is 16.7. The summed E-state index contributed by atoms with van der Waals surface area (Å²) in [6, 6.07) is 22.2. The highest BCUT2D eigenvalue weighted by Gasteiger charge is 2.15. The summed E-state index contributed by atoms with van der Waals surface area (Å²) in [5.41, 5.74) is 5.96. The maximum Gasteiger partial charge on any atom is 0.260 e. The van der Waals surface area contributed by atoms with Crippen molar-refractivity contribution in [3.63, 3.8) is 0 Å². The number of imidazole rings is 1. The third-order valence-electron chi connectivity index (χ3n) is 4.33. The fourth-order valence-corrected chi connectivity index (χ4v) is 3.21. The monoisotopic (exact) mass is 422 g/mol. The van der Waals surface area contributed by atoms with E-state index in [9.17, 15) is 4.79 Å². The first-order valence-corrected chi connectivity index (χ1v) is 9.64. The number of rotatable bonds is 5. The number of para-hydroxylation sites is 2. The first-order chi connectivity index (χ1) is 14.1. The highest BCUT2D eigenvalue weighted by Crippen LogP contribution is 2.25. The Kier molecular flexibility index (Phi) is 5.60. The summed E-state index contributed by atoms with van der Waals surface area (Å²) in [7, 11) is 0. The van der Waals surface area contributed by atoms with E-state index in [1.807, 2.05) is 53.1 Å². The highest BCUT2D eigenvalue weighted by molar-refractivity contribution is 6.30. The molecule has 1 amide bonds. The van der Waals surface area contributed by atoms with Gasteiger partial charge >= 0.3 is 0 Å². The number of carbonyl (C=O) groups is 1. The van der Waals surface area contributed by atoms with Crippen molar-refractivity contribution in [2.45, 2.75) is 6.54 Å². The normalized spacial score (nSPS) is 11.2. The fraction of sp³-hybridized carbons (Fsp3) is 0.0455. The maximum atomic E-state index is 12.5. The number of carbonyl (C=O) groups excluding carboxylic acids is 1. The summed E-state index contributed by atoms with van der Waals surface area (Å²) in [5, 5.41) is 5.32. The summed E-state index contributed by atoms with van der Waals surface area (Å²) < 4.78 is 1.87. The largest absolute Gasteiger partial charge is 0.314 e. The lowest BCUT2D eigenvalue weighted by Crippen LogP contribution is -2.23. The van der Waals surface area contributed by atoms with E-state index in [0.717, 1.165) is 22.2 Å². The molecule has 4 aromatic rings. The average Bonchev–Trinajstić information content (AvgIpc) is 3.08.